The first-order chi connectivity index (χ1) is 13.4. The van der Waals surface area contributed by atoms with Gasteiger partial charge in [-0.05, 0) is 58.5 Å². The SMILES string of the molecule is CC1(C2=C(Cl)CCCC2F)NC2CC(C(=O)NC3CCNCC3)=CC(Cl)C2N1. The number of fused-ring (bicyclic) bond motifs is 1. The number of alkyl halides is 2. The van der Waals surface area contributed by atoms with Crippen LogP contribution in [0.25, 0.3) is 0 Å². The van der Waals surface area contributed by atoms with E-state index in [0.717, 1.165) is 32.4 Å². The van der Waals surface area contributed by atoms with E-state index in [1.165, 1.54) is 0 Å². The number of carbonyl (C=O) groups excluding carboxylic acids is 1. The zero-order valence-electron chi connectivity index (χ0n) is 16.2. The van der Waals surface area contributed by atoms with Crippen LogP contribution in [0.3, 0.4) is 0 Å². The van der Waals surface area contributed by atoms with Crippen LogP contribution in [0.15, 0.2) is 22.3 Å². The maximum absolute atomic E-state index is 14.7. The monoisotopic (exact) mass is 430 g/mol. The number of allylic oxidation sites excluding steroid dienone is 1. The molecule has 4 aliphatic rings. The number of nitrogens with one attached hydrogen (secondary N) is 4. The lowest BCUT2D eigenvalue weighted by molar-refractivity contribution is -0.118. The number of hydrogen-bond donors (Lipinski definition) is 4. The Morgan fingerprint density at radius 1 is 1.29 bits per heavy atom. The lowest BCUT2D eigenvalue weighted by atomic mass is 9.88. The molecule has 5 atom stereocenters. The lowest BCUT2D eigenvalue weighted by Gasteiger charge is -2.35. The van der Waals surface area contributed by atoms with Crippen LogP contribution in [0, 0.1) is 0 Å². The predicted octanol–water partition coefficient (Wildman–Crippen LogP) is 2.45. The second-order valence-corrected chi connectivity index (χ2v) is 9.52. The first-order valence-corrected chi connectivity index (χ1v) is 11.1. The molecule has 2 saturated heterocycles. The average molecular weight is 431 g/mol. The van der Waals surface area contributed by atoms with Gasteiger partial charge in [0.1, 0.15) is 6.17 Å². The molecule has 2 fully saturated rings. The Balaban J connectivity index is 1.47. The molecule has 0 aromatic heterocycles. The molecule has 2 aliphatic carbocycles. The van der Waals surface area contributed by atoms with Gasteiger partial charge < -0.3 is 10.6 Å². The van der Waals surface area contributed by atoms with Crippen LogP contribution < -0.4 is 21.3 Å². The Hall–Kier alpha value is -0.660. The highest BCUT2D eigenvalue weighted by molar-refractivity contribution is 6.30. The number of halogens is 3. The van der Waals surface area contributed by atoms with Crippen LogP contribution in [0.5, 0.6) is 0 Å². The van der Waals surface area contributed by atoms with Crippen LogP contribution in [0.2, 0.25) is 0 Å². The highest BCUT2D eigenvalue weighted by Crippen LogP contribution is 2.40. The minimum absolute atomic E-state index is 0.0373. The summed E-state index contributed by atoms with van der Waals surface area (Å²) in [6.45, 7) is 3.78. The maximum Gasteiger partial charge on any atom is 0.247 e. The second-order valence-electron chi connectivity index (χ2n) is 8.56. The van der Waals surface area contributed by atoms with Gasteiger partial charge in [-0.3, -0.25) is 15.4 Å². The van der Waals surface area contributed by atoms with Gasteiger partial charge in [0.2, 0.25) is 5.91 Å². The van der Waals surface area contributed by atoms with Gasteiger partial charge in [-0.1, -0.05) is 17.7 Å². The van der Waals surface area contributed by atoms with Crippen LogP contribution in [0.4, 0.5) is 4.39 Å². The van der Waals surface area contributed by atoms with E-state index in [0.29, 0.717) is 35.4 Å². The van der Waals surface area contributed by atoms with Gasteiger partial charge in [0.25, 0.3) is 0 Å². The van der Waals surface area contributed by atoms with Crippen molar-refractivity contribution < 1.29 is 9.18 Å². The molecule has 0 radical (unpaired) electrons. The summed E-state index contributed by atoms with van der Waals surface area (Å²) in [5, 5.41) is 13.7. The van der Waals surface area contributed by atoms with Crippen molar-refractivity contribution in [1.82, 2.24) is 21.3 Å². The largest absolute Gasteiger partial charge is 0.349 e. The molecule has 2 heterocycles. The minimum atomic E-state index is -1.06. The molecule has 0 aromatic rings. The molecule has 156 valence electrons. The normalized spacial score (nSPS) is 39.5. The molecule has 0 aromatic carbocycles. The fourth-order valence-electron chi connectivity index (χ4n) is 5.05. The summed E-state index contributed by atoms with van der Waals surface area (Å²) in [7, 11) is 0. The van der Waals surface area contributed by atoms with E-state index in [9.17, 15) is 9.18 Å². The van der Waals surface area contributed by atoms with E-state index >= 15 is 0 Å². The number of hydrogen-bond acceptors (Lipinski definition) is 4. The zero-order valence-corrected chi connectivity index (χ0v) is 17.7. The first-order valence-electron chi connectivity index (χ1n) is 10.3. The van der Waals surface area contributed by atoms with Crippen molar-refractivity contribution in [3.05, 3.63) is 22.3 Å². The number of rotatable bonds is 3. The molecule has 8 heteroatoms. The van der Waals surface area contributed by atoms with E-state index in [1.54, 1.807) is 0 Å². The molecule has 4 rings (SSSR count). The highest BCUT2D eigenvalue weighted by Gasteiger charge is 2.50. The predicted molar refractivity (Wildman–Crippen MR) is 110 cm³/mol. The third-order valence-corrected chi connectivity index (χ3v) is 7.26. The van der Waals surface area contributed by atoms with Crippen molar-refractivity contribution in [1.29, 1.82) is 0 Å². The zero-order chi connectivity index (χ0) is 19.9. The van der Waals surface area contributed by atoms with Gasteiger partial charge in [-0.15, -0.1) is 11.6 Å². The molecular formula is C20H29Cl2FN4O. The van der Waals surface area contributed by atoms with Crippen LogP contribution in [-0.4, -0.2) is 54.3 Å². The molecule has 5 nitrogen and oxygen atoms in total. The summed E-state index contributed by atoms with van der Waals surface area (Å²) in [6.07, 6.45) is 5.21. The fourth-order valence-corrected chi connectivity index (χ4v) is 5.89. The Morgan fingerprint density at radius 2 is 2.04 bits per heavy atom. The van der Waals surface area contributed by atoms with Crippen molar-refractivity contribution in [3.63, 3.8) is 0 Å². The number of piperidine rings is 1. The Labute approximate surface area is 175 Å². The molecule has 1 amide bonds. The quantitative estimate of drug-likeness (QED) is 0.519. The van der Waals surface area contributed by atoms with Crippen LogP contribution in [0.1, 0.15) is 45.4 Å². The van der Waals surface area contributed by atoms with Gasteiger partial charge in [0.05, 0.1) is 11.0 Å². The highest BCUT2D eigenvalue weighted by atomic mass is 35.5. The van der Waals surface area contributed by atoms with Crippen molar-refractivity contribution in [2.24, 2.45) is 0 Å². The molecule has 0 spiro atoms. The van der Waals surface area contributed by atoms with E-state index in [2.05, 4.69) is 21.3 Å². The summed E-state index contributed by atoms with van der Waals surface area (Å²) < 4.78 is 14.7. The van der Waals surface area contributed by atoms with Crippen LogP contribution >= 0.6 is 23.2 Å². The fraction of sp³-hybridized carbons (Fsp3) is 0.750. The molecule has 28 heavy (non-hydrogen) atoms. The van der Waals surface area contributed by atoms with Crippen LogP contribution in [-0.2, 0) is 4.79 Å². The summed E-state index contributed by atoms with van der Waals surface area (Å²) in [5.41, 5.74) is 0.562. The summed E-state index contributed by atoms with van der Waals surface area (Å²) in [6, 6.07) is 0.0881. The van der Waals surface area contributed by atoms with E-state index in [4.69, 9.17) is 23.2 Å². The molecule has 0 bridgehead atoms. The van der Waals surface area contributed by atoms with Gasteiger partial charge in [0, 0.05) is 34.3 Å². The van der Waals surface area contributed by atoms with Gasteiger partial charge in [0.15, 0.2) is 0 Å². The van der Waals surface area contributed by atoms with Crippen molar-refractivity contribution in [3.8, 4) is 0 Å². The maximum atomic E-state index is 14.7. The second kappa shape index (κ2) is 8.23. The molecule has 2 aliphatic heterocycles. The molecule has 4 N–H and O–H groups in total. The molecule has 0 saturated carbocycles. The molecule has 5 unspecified atom stereocenters. The van der Waals surface area contributed by atoms with Crippen molar-refractivity contribution in [2.45, 2.75) is 80.8 Å². The average Bonchev–Trinajstić information content (AvgIpc) is 3.00. The standard InChI is InChI=1S/C20H29Cl2FN4O/c1-20(17-13(21)3-2-4-15(17)23)26-16-10-11(9-14(22)18(16)27-20)19(28)25-12-5-7-24-8-6-12/h9,12,14-16,18,24,26-27H,2-8,10H2,1H3,(H,25,28). The van der Waals surface area contributed by atoms with Gasteiger partial charge >= 0.3 is 0 Å². The first kappa shape index (κ1) is 20.6. The minimum Gasteiger partial charge on any atom is -0.349 e. The Bertz CT molecular complexity index is 694. The smallest absolute Gasteiger partial charge is 0.247 e. The summed E-state index contributed by atoms with van der Waals surface area (Å²) in [5.74, 6) is -0.0373. The van der Waals surface area contributed by atoms with Gasteiger partial charge in [-0.2, -0.15) is 0 Å². The van der Waals surface area contributed by atoms with Crippen molar-refractivity contribution in [2.75, 3.05) is 13.1 Å². The topological polar surface area (TPSA) is 65.2 Å². The van der Waals surface area contributed by atoms with Gasteiger partial charge in [-0.25, -0.2) is 4.39 Å². The lowest BCUT2D eigenvalue weighted by Crippen LogP contribution is -2.53. The Kier molecular flexibility index (Phi) is 6.05. The third-order valence-electron chi connectivity index (χ3n) is 6.47. The summed E-state index contributed by atoms with van der Waals surface area (Å²) >= 11 is 13.0. The molecular weight excluding hydrogens is 402 g/mol. The van der Waals surface area contributed by atoms with E-state index in [-0.39, 0.29) is 29.4 Å². The third kappa shape index (κ3) is 3.99. The number of amides is 1. The number of carbonyl (C=O) groups is 1. The summed E-state index contributed by atoms with van der Waals surface area (Å²) in [4.78, 5) is 12.8. The Morgan fingerprint density at radius 3 is 2.75 bits per heavy atom. The van der Waals surface area contributed by atoms with E-state index < -0.39 is 11.8 Å². The van der Waals surface area contributed by atoms with Crippen molar-refractivity contribution >= 4 is 29.1 Å². The van der Waals surface area contributed by atoms with E-state index in [1.807, 2.05) is 13.0 Å².